The lowest BCUT2D eigenvalue weighted by molar-refractivity contribution is -0.118. The molecule has 3 amide bonds. The number of imide groups is 1. The van der Waals surface area contributed by atoms with Crippen LogP contribution >= 0.6 is 12.6 Å². The van der Waals surface area contributed by atoms with Crippen LogP contribution in [0.1, 0.15) is 13.3 Å². The van der Waals surface area contributed by atoms with Crippen molar-refractivity contribution in [1.29, 1.82) is 0 Å². The van der Waals surface area contributed by atoms with Gasteiger partial charge < -0.3 is 4.90 Å². The van der Waals surface area contributed by atoms with Crippen molar-refractivity contribution in [3.05, 3.63) is 0 Å². The molecule has 0 aromatic carbocycles. The van der Waals surface area contributed by atoms with Gasteiger partial charge in [0, 0.05) is 0 Å². The normalized spacial score (nSPS) is 20.4. The molecule has 1 aliphatic rings. The molecule has 0 bridgehead atoms. The molecule has 11 heavy (non-hydrogen) atoms. The summed E-state index contributed by atoms with van der Waals surface area (Å²) in [7, 11) is 0. The van der Waals surface area contributed by atoms with E-state index in [4.69, 9.17) is 0 Å². The maximum atomic E-state index is 10.9. The molecule has 1 unspecified atom stereocenters. The Morgan fingerprint density at radius 1 is 1.73 bits per heavy atom. The number of carbonyl (C=O) groups is 2. The van der Waals surface area contributed by atoms with E-state index in [2.05, 4.69) is 17.9 Å². The number of hydrogen-bond acceptors (Lipinski definition) is 3. The van der Waals surface area contributed by atoms with E-state index in [0.717, 1.165) is 6.42 Å². The van der Waals surface area contributed by atoms with E-state index < -0.39 is 0 Å². The summed E-state index contributed by atoms with van der Waals surface area (Å²) >= 11 is 4.14. The second-order valence-electron chi connectivity index (χ2n) is 2.37. The van der Waals surface area contributed by atoms with Crippen molar-refractivity contribution in [3.63, 3.8) is 0 Å². The highest BCUT2D eigenvalue weighted by atomic mass is 32.1. The highest BCUT2D eigenvalue weighted by Crippen LogP contribution is 2.11. The van der Waals surface area contributed by atoms with Crippen LogP contribution in [0.3, 0.4) is 0 Å². The number of nitrogens with one attached hydrogen (secondary N) is 1. The van der Waals surface area contributed by atoms with E-state index in [9.17, 15) is 9.59 Å². The molecule has 0 aromatic rings. The Labute approximate surface area is 70.3 Å². The molecular weight excluding hydrogens is 164 g/mol. The van der Waals surface area contributed by atoms with Crippen molar-refractivity contribution in [2.75, 3.05) is 6.54 Å². The van der Waals surface area contributed by atoms with Crippen LogP contribution in [-0.2, 0) is 4.79 Å². The Balaban J connectivity index is 2.59. The minimum Gasteiger partial charge on any atom is -0.303 e. The van der Waals surface area contributed by atoms with Gasteiger partial charge in [-0.25, -0.2) is 4.79 Å². The SMILES string of the molecule is CCC(S)N1CC(=O)NC1=O. The fraction of sp³-hybridized carbons (Fsp3) is 0.667. The molecule has 0 aliphatic carbocycles. The van der Waals surface area contributed by atoms with Crippen LogP contribution in [0, 0.1) is 0 Å². The molecule has 1 N–H and O–H groups in total. The number of hydrogen-bond donors (Lipinski definition) is 2. The van der Waals surface area contributed by atoms with Gasteiger partial charge >= 0.3 is 6.03 Å². The summed E-state index contributed by atoms with van der Waals surface area (Å²) in [5, 5.41) is 2.03. The lowest BCUT2D eigenvalue weighted by Gasteiger charge is -2.18. The van der Waals surface area contributed by atoms with Crippen molar-refractivity contribution in [2.24, 2.45) is 0 Å². The largest absolute Gasteiger partial charge is 0.325 e. The highest BCUT2D eigenvalue weighted by Gasteiger charge is 2.29. The highest BCUT2D eigenvalue weighted by molar-refractivity contribution is 7.80. The van der Waals surface area contributed by atoms with Crippen LogP contribution in [-0.4, -0.2) is 28.8 Å². The molecule has 1 atom stereocenters. The van der Waals surface area contributed by atoms with Crippen LogP contribution < -0.4 is 5.32 Å². The molecule has 1 rings (SSSR count). The summed E-state index contributed by atoms with van der Waals surface area (Å²) in [6.45, 7) is 2.05. The van der Waals surface area contributed by atoms with E-state index in [0.29, 0.717) is 0 Å². The van der Waals surface area contributed by atoms with E-state index in [1.807, 2.05) is 6.92 Å². The standard InChI is InChI=1S/C6H10N2O2S/c1-2-5(11)8-3-4(9)7-6(8)10/h5,11H,2-3H2,1H3,(H,7,9,10). The monoisotopic (exact) mass is 174 g/mol. The maximum absolute atomic E-state index is 10.9. The quantitative estimate of drug-likeness (QED) is 0.464. The number of rotatable bonds is 2. The molecule has 1 aliphatic heterocycles. The molecule has 0 aromatic heterocycles. The van der Waals surface area contributed by atoms with E-state index >= 15 is 0 Å². The Morgan fingerprint density at radius 3 is 2.73 bits per heavy atom. The topological polar surface area (TPSA) is 49.4 Å². The fourth-order valence-corrected chi connectivity index (χ4v) is 1.10. The van der Waals surface area contributed by atoms with Crippen molar-refractivity contribution in [1.82, 2.24) is 10.2 Å². The zero-order valence-electron chi connectivity index (χ0n) is 6.20. The molecule has 0 radical (unpaired) electrons. The Morgan fingerprint density at radius 2 is 2.36 bits per heavy atom. The number of nitrogens with zero attached hydrogens (tertiary/aromatic N) is 1. The van der Waals surface area contributed by atoms with Gasteiger partial charge in [-0.05, 0) is 6.42 Å². The molecule has 5 heteroatoms. The van der Waals surface area contributed by atoms with Crippen LogP contribution in [0.2, 0.25) is 0 Å². The Kier molecular flexibility index (Phi) is 2.38. The zero-order chi connectivity index (χ0) is 8.43. The number of carbonyl (C=O) groups excluding carboxylic acids is 2. The summed E-state index contributed by atoms with van der Waals surface area (Å²) in [6, 6.07) is -0.336. The number of amides is 3. The lowest BCUT2D eigenvalue weighted by atomic mass is 10.4. The average Bonchev–Trinajstić information content (AvgIpc) is 2.28. The smallest absolute Gasteiger partial charge is 0.303 e. The van der Waals surface area contributed by atoms with Crippen LogP contribution in [0.4, 0.5) is 4.79 Å². The van der Waals surface area contributed by atoms with E-state index in [-0.39, 0.29) is 23.9 Å². The predicted octanol–water partition coefficient (Wildman–Crippen LogP) is 0.204. The van der Waals surface area contributed by atoms with Crippen LogP contribution in [0.15, 0.2) is 0 Å². The summed E-state index contributed by atoms with van der Waals surface area (Å²) in [5.41, 5.74) is 0. The molecule has 4 nitrogen and oxygen atoms in total. The van der Waals surface area contributed by atoms with E-state index in [1.165, 1.54) is 4.90 Å². The first-order valence-electron chi connectivity index (χ1n) is 3.43. The molecule has 1 fully saturated rings. The minimum atomic E-state index is -0.336. The molecule has 62 valence electrons. The molecular formula is C6H10N2O2S. The van der Waals surface area contributed by atoms with Gasteiger partial charge in [0.15, 0.2) is 0 Å². The van der Waals surface area contributed by atoms with Gasteiger partial charge in [-0.2, -0.15) is 12.6 Å². The molecule has 1 saturated heterocycles. The second kappa shape index (κ2) is 3.13. The van der Waals surface area contributed by atoms with Crippen molar-refractivity contribution in [2.45, 2.75) is 18.7 Å². The average molecular weight is 174 g/mol. The first-order valence-corrected chi connectivity index (χ1v) is 3.95. The first kappa shape index (κ1) is 8.39. The second-order valence-corrected chi connectivity index (χ2v) is 2.97. The summed E-state index contributed by atoms with van der Waals surface area (Å²) in [5.74, 6) is -0.248. The number of urea groups is 1. The fourth-order valence-electron chi connectivity index (χ4n) is 0.918. The van der Waals surface area contributed by atoms with Gasteiger partial charge in [-0.1, -0.05) is 6.92 Å². The Hall–Kier alpha value is -0.710. The van der Waals surface area contributed by atoms with Gasteiger partial charge in [0.1, 0.15) is 6.54 Å². The van der Waals surface area contributed by atoms with Crippen molar-refractivity contribution in [3.8, 4) is 0 Å². The third-order valence-electron chi connectivity index (χ3n) is 1.55. The Bertz CT molecular complexity index is 195. The van der Waals surface area contributed by atoms with Crippen LogP contribution in [0.5, 0.6) is 0 Å². The van der Waals surface area contributed by atoms with Gasteiger partial charge in [0.05, 0.1) is 5.37 Å². The van der Waals surface area contributed by atoms with E-state index in [1.54, 1.807) is 0 Å². The lowest BCUT2D eigenvalue weighted by Crippen LogP contribution is -2.34. The maximum Gasteiger partial charge on any atom is 0.325 e. The number of thiol groups is 1. The summed E-state index contributed by atoms with van der Waals surface area (Å²) < 4.78 is 0. The predicted molar refractivity (Wildman–Crippen MR) is 43.3 cm³/mol. The van der Waals surface area contributed by atoms with Crippen molar-refractivity contribution >= 4 is 24.6 Å². The molecule has 0 spiro atoms. The van der Waals surface area contributed by atoms with Crippen molar-refractivity contribution < 1.29 is 9.59 Å². The van der Waals surface area contributed by atoms with Gasteiger partial charge in [0.25, 0.3) is 0 Å². The van der Waals surface area contributed by atoms with Crippen LogP contribution in [0.25, 0.3) is 0 Å². The molecule has 0 saturated carbocycles. The minimum absolute atomic E-state index is 0.140. The van der Waals surface area contributed by atoms with Gasteiger partial charge in [0.2, 0.25) is 5.91 Å². The molecule has 1 heterocycles. The first-order chi connectivity index (χ1) is 5.15. The van der Waals surface area contributed by atoms with Gasteiger partial charge in [-0.3, -0.25) is 10.1 Å². The zero-order valence-corrected chi connectivity index (χ0v) is 7.10. The summed E-state index contributed by atoms with van der Waals surface area (Å²) in [4.78, 5) is 23.0. The summed E-state index contributed by atoms with van der Waals surface area (Å²) in [6.07, 6.45) is 0.740. The van der Waals surface area contributed by atoms with Gasteiger partial charge in [-0.15, -0.1) is 0 Å². The third-order valence-corrected chi connectivity index (χ3v) is 2.19. The third kappa shape index (κ3) is 1.65.